The van der Waals surface area contributed by atoms with Gasteiger partial charge in [-0.1, -0.05) is 8.93 Å². The molecular weight excluding hydrogens is 187 g/mol. The van der Waals surface area contributed by atoms with Crippen molar-refractivity contribution in [1.29, 1.82) is 0 Å². The predicted molar refractivity (Wildman–Crippen MR) is 41.9 cm³/mol. The zero-order valence-electron chi connectivity index (χ0n) is 5.61. The van der Waals surface area contributed by atoms with Gasteiger partial charge in [-0.25, -0.2) is 0 Å². The molecule has 0 aromatic carbocycles. The van der Waals surface area contributed by atoms with Gasteiger partial charge in [0.1, 0.15) is 0 Å². The number of nitrogens with zero attached hydrogens (tertiary/aromatic N) is 1. The molecule has 2 atom stereocenters. The minimum absolute atomic E-state index is 0.864. The van der Waals surface area contributed by atoms with Crippen molar-refractivity contribution in [1.82, 2.24) is 4.67 Å². The molecule has 8 heteroatoms. The van der Waals surface area contributed by atoms with Crippen LogP contribution >= 0.6 is 17.3 Å². The third-order valence-electron chi connectivity index (χ3n) is 0.258. The fourth-order valence-electron chi connectivity index (χ4n) is 0. The van der Waals surface area contributed by atoms with Gasteiger partial charge in [0, 0.05) is 0 Å². The summed E-state index contributed by atoms with van der Waals surface area (Å²) in [5.74, 6) is 0. The van der Waals surface area contributed by atoms with Gasteiger partial charge in [0.25, 0.3) is 0 Å². The molecule has 2 unspecified atom stereocenters. The lowest BCUT2D eigenvalue weighted by Crippen LogP contribution is -2.02. The lowest BCUT2D eigenvalue weighted by molar-refractivity contribution is 0.368. The third-order valence-corrected chi connectivity index (χ3v) is 2.32. The van der Waals surface area contributed by atoms with E-state index in [1.807, 2.05) is 14.1 Å². The Morgan fingerprint density at radius 2 is 1.30 bits per heavy atom. The van der Waals surface area contributed by atoms with Crippen LogP contribution in [0.4, 0.5) is 17.3 Å². The van der Waals surface area contributed by atoms with Crippen molar-refractivity contribution in [3.8, 4) is 0 Å². The van der Waals surface area contributed by atoms with Gasteiger partial charge >= 0.3 is 7.25 Å². The zero-order chi connectivity index (χ0) is 8.78. The standard InChI is InChI=1S/C2H9NP2.BF4/c1-3(2)5-4;2-1(3,4)5/h5H,4H2,1-2H3;/q;-1. The maximum absolute atomic E-state index is 9.75. The fraction of sp³-hybridized carbons (Fsp3) is 1.00. The topological polar surface area (TPSA) is 3.24 Å². The smallest absolute Gasteiger partial charge is 0.418 e. The molecule has 10 heavy (non-hydrogen) atoms. The molecule has 1 nitrogen and oxygen atoms in total. The van der Waals surface area contributed by atoms with E-state index in [1.54, 1.807) is 0 Å². The predicted octanol–water partition coefficient (Wildman–Crippen LogP) is 2.23. The van der Waals surface area contributed by atoms with Gasteiger partial charge in [0.2, 0.25) is 0 Å². The van der Waals surface area contributed by atoms with Gasteiger partial charge in [-0.05, 0) is 22.5 Å². The van der Waals surface area contributed by atoms with Gasteiger partial charge in [-0.3, -0.25) is 4.67 Å². The monoisotopic (exact) mass is 196 g/mol. The first-order chi connectivity index (χ1) is 4.27. The Bertz CT molecular complexity index is 70.1. The summed E-state index contributed by atoms with van der Waals surface area (Å²) in [6, 6.07) is 0. The SMILES string of the molecule is CN(C)PP.F[B-](F)(F)F. The molecule has 0 spiro atoms. The molecule has 0 aromatic rings. The van der Waals surface area contributed by atoms with Crippen molar-refractivity contribution >= 4 is 24.6 Å². The van der Waals surface area contributed by atoms with Crippen molar-refractivity contribution in [2.75, 3.05) is 14.1 Å². The Morgan fingerprint density at radius 1 is 1.20 bits per heavy atom. The first-order valence-corrected chi connectivity index (χ1v) is 5.04. The molecule has 0 heterocycles. The highest BCUT2D eigenvalue weighted by Crippen LogP contribution is 2.20. The molecule has 0 aromatic heterocycles. The molecule has 0 N–H and O–H groups in total. The van der Waals surface area contributed by atoms with Gasteiger partial charge in [-0.2, -0.15) is 0 Å². The van der Waals surface area contributed by atoms with Crippen LogP contribution in [-0.2, 0) is 0 Å². The molecule has 0 radical (unpaired) electrons. The number of halogens is 4. The molecule has 0 saturated heterocycles. The van der Waals surface area contributed by atoms with Crippen LogP contribution in [0.15, 0.2) is 0 Å². The second-order valence-electron chi connectivity index (χ2n) is 1.52. The Labute approximate surface area is 61.6 Å². The lowest BCUT2D eigenvalue weighted by Gasteiger charge is -1.99. The van der Waals surface area contributed by atoms with Crippen molar-refractivity contribution in [3.05, 3.63) is 0 Å². The molecule has 64 valence electrons. The van der Waals surface area contributed by atoms with Gasteiger partial charge in [-0.15, -0.1) is 0 Å². The minimum Gasteiger partial charge on any atom is -0.418 e. The summed E-state index contributed by atoms with van der Waals surface area (Å²) in [6.45, 7) is 0. The number of hydrogen-bond acceptors (Lipinski definition) is 1. The van der Waals surface area contributed by atoms with E-state index in [0.717, 1.165) is 8.42 Å². The summed E-state index contributed by atoms with van der Waals surface area (Å²) in [7, 11) is 1.61. The summed E-state index contributed by atoms with van der Waals surface area (Å²) in [5, 5.41) is 0. The Balaban J connectivity index is 0. The Hall–Kier alpha value is 0.605. The van der Waals surface area contributed by atoms with E-state index in [-0.39, 0.29) is 0 Å². The second-order valence-corrected chi connectivity index (χ2v) is 3.45. The van der Waals surface area contributed by atoms with Gasteiger partial charge in [0.05, 0.1) is 0 Å². The average Bonchev–Trinajstić information content (AvgIpc) is 1.61. The van der Waals surface area contributed by atoms with Gasteiger partial charge < -0.3 is 17.3 Å². The largest absolute Gasteiger partial charge is 0.673 e. The second kappa shape index (κ2) is 6.32. The van der Waals surface area contributed by atoms with E-state index in [1.165, 1.54) is 0 Å². The first-order valence-electron chi connectivity index (χ1n) is 2.28. The van der Waals surface area contributed by atoms with Crippen LogP contribution in [-0.4, -0.2) is 26.0 Å². The normalized spacial score (nSPS) is 12.0. The highest BCUT2D eigenvalue weighted by Gasteiger charge is 2.20. The van der Waals surface area contributed by atoms with Crippen LogP contribution in [0.2, 0.25) is 0 Å². The van der Waals surface area contributed by atoms with E-state index < -0.39 is 7.25 Å². The molecular formula is C2H9BF4NP2-. The average molecular weight is 196 g/mol. The van der Waals surface area contributed by atoms with E-state index in [0.29, 0.717) is 0 Å². The van der Waals surface area contributed by atoms with E-state index in [2.05, 4.69) is 13.6 Å². The summed E-state index contributed by atoms with van der Waals surface area (Å²) in [5.41, 5.74) is 0. The molecule has 0 aliphatic heterocycles. The van der Waals surface area contributed by atoms with E-state index >= 15 is 0 Å². The Morgan fingerprint density at radius 3 is 1.30 bits per heavy atom. The highest BCUT2D eigenvalue weighted by atomic mass is 32.0. The summed E-state index contributed by atoms with van der Waals surface area (Å²) < 4.78 is 41.1. The molecule has 0 saturated carbocycles. The molecule has 0 amide bonds. The maximum Gasteiger partial charge on any atom is 0.673 e. The summed E-state index contributed by atoms with van der Waals surface area (Å²) in [6.07, 6.45) is 0. The van der Waals surface area contributed by atoms with Crippen molar-refractivity contribution in [2.45, 2.75) is 0 Å². The van der Waals surface area contributed by atoms with E-state index in [9.17, 15) is 17.3 Å². The van der Waals surface area contributed by atoms with Crippen LogP contribution in [0.25, 0.3) is 0 Å². The van der Waals surface area contributed by atoms with E-state index in [4.69, 9.17) is 0 Å². The fourth-order valence-corrected chi connectivity index (χ4v) is 0. The number of hydrogen-bond donors (Lipinski definition) is 0. The van der Waals surface area contributed by atoms with Crippen LogP contribution in [0.1, 0.15) is 0 Å². The van der Waals surface area contributed by atoms with Crippen LogP contribution in [0.5, 0.6) is 0 Å². The highest BCUT2D eigenvalue weighted by molar-refractivity contribution is 8.01. The summed E-state index contributed by atoms with van der Waals surface area (Å²) >= 11 is 0. The first kappa shape index (κ1) is 13.2. The van der Waals surface area contributed by atoms with Crippen LogP contribution in [0.3, 0.4) is 0 Å². The molecule has 0 aliphatic rings. The van der Waals surface area contributed by atoms with Crippen molar-refractivity contribution in [3.63, 3.8) is 0 Å². The number of rotatable bonds is 1. The molecule has 0 aliphatic carbocycles. The lowest BCUT2D eigenvalue weighted by atomic mass is 10.3. The molecule has 0 bridgehead atoms. The quantitative estimate of drug-likeness (QED) is 0.353. The van der Waals surface area contributed by atoms with Gasteiger partial charge in [0.15, 0.2) is 0 Å². The van der Waals surface area contributed by atoms with Crippen molar-refractivity contribution < 1.29 is 17.3 Å². The summed E-state index contributed by atoms with van der Waals surface area (Å²) in [4.78, 5) is 0. The van der Waals surface area contributed by atoms with Crippen LogP contribution < -0.4 is 0 Å². The minimum atomic E-state index is -6.00. The molecule has 0 rings (SSSR count). The van der Waals surface area contributed by atoms with Crippen molar-refractivity contribution in [2.24, 2.45) is 0 Å². The zero-order valence-corrected chi connectivity index (χ0v) is 7.77. The molecule has 0 fully saturated rings. The Kier molecular flexibility index (Phi) is 8.36. The maximum atomic E-state index is 9.75. The van der Waals surface area contributed by atoms with Crippen LogP contribution in [0, 0.1) is 0 Å². The third kappa shape index (κ3) is 73.3.